The summed E-state index contributed by atoms with van der Waals surface area (Å²) in [6.07, 6.45) is 0. The highest BCUT2D eigenvalue weighted by molar-refractivity contribution is 5.48. The average Bonchev–Trinajstić information content (AvgIpc) is 2.19. The smallest absolute Gasteiger partial charge is 0.226 e. The Morgan fingerprint density at radius 3 is 2.69 bits per heavy atom. The highest BCUT2D eigenvalue weighted by Gasteiger charge is 2.03. The van der Waals surface area contributed by atoms with Crippen LogP contribution in [0.5, 0.6) is 11.8 Å². The van der Waals surface area contributed by atoms with Crippen LogP contribution in [0.3, 0.4) is 0 Å². The van der Waals surface area contributed by atoms with Crippen molar-refractivity contribution in [2.24, 2.45) is 5.11 Å². The normalized spacial score (nSPS) is 8.77. The lowest BCUT2D eigenvalue weighted by Gasteiger charge is -2.04. The van der Waals surface area contributed by atoms with E-state index in [-0.39, 0.29) is 5.88 Å². The maximum Gasteiger partial charge on any atom is 0.226 e. The first-order valence-corrected chi connectivity index (χ1v) is 3.46. The second-order valence-corrected chi connectivity index (χ2v) is 2.07. The third kappa shape index (κ3) is 2.00. The molecular weight excluding hydrogens is 172 g/mol. The molecule has 0 bridgehead atoms. The molecule has 1 heterocycles. The Morgan fingerprint density at radius 2 is 2.15 bits per heavy atom. The summed E-state index contributed by atoms with van der Waals surface area (Å²) >= 11 is 0. The van der Waals surface area contributed by atoms with Gasteiger partial charge in [0.15, 0.2) is 0 Å². The van der Waals surface area contributed by atoms with Crippen molar-refractivity contribution in [3.63, 3.8) is 0 Å². The summed E-state index contributed by atoms with van der Waals surface area (Å²) in [5, 5.41) is 3.39. The van der Waals surface area contributed by atoms with Gasteiger partial charge in [0.05, 0.1) is 19.9 Å². The Bertz CT molecular complexity index is 346. The molecule has 1 aromatic heterocycles. The SMILES string of the molecule is COc1ccc(N=[N+]=[N-])c(OC)n1. The van der Waals surface area contributed by atoms with Crippen LogP contribution in [0.2, 0.25) is 0 Å². The first-order valence-electron chi connectivity index (χ1n) is 3.46. The highest BCUT2D eigenvalue weighted by atomic mass is 16.5. The van der Waals surface area contributed by atoms with Crippen molar-refractivity contribution < 1.29 is 9.47 Å². The number of hydrogen-bond donors (Lipinski definition) is 0. The molecule has 0 N–H and O–H groups in total. The second-order valence-electron chi connectivity index (χ2n) is 2.07. The van der Waals surface area contributed by atoms with Gasteiger partial charge in [-0.15, -0.1) is 0 Å². The summed E-state index contributed by atoms with van der Waals surface area (Å²) in [4.78, 5) is 6.55. The zero-order valence-electron chi connectivity index (χ0n) is 7.26. The first-order chi connectivity index (χ1) is 6.31. The number of ether oxygens (including phenoxy) is 2. The van der Waals surface area contributed by atoms with Crippen LogP contribution in [-0.4, -0.2) is 19.2 Å². The van der Waals surface area contributed by atoms with Gasteiger partial charge in [0.2, 0.25) is 11.8 Å². The van der Waals surface area contributed by atoms with E-state index in [1.807, 2.05) is 0 Å². The van der Waals surface area contributed by atoms with Crippen molar-refractivity contribution in [2.75, 3.05) is 14.2 Å². The molecule has 0 saturated carbocycles. The summed E-state index contributed by atoms with van der Waals surface area (Å²) < 4.78 is 9.75. The minimum absolute atomic E-state index is 0.247. The van der Waals surface area contributed by atoms with Crippen LogP contribution in [0.4, 0.5) is 5.69 Å². The van der Waals surface area contributed by atoms with Gasteiger partial charge in [0, 0.05) is 11.0 Å². The van der Waals surface area contributed by atoms with E-state index in [2.05, 4.69) is 15.0 Å². The van der Waals surface area contributed by atoms with Gasteiger partial charge in [-0.1, -0.05) is 5.11 Å². The van der Waals surface area contributed by atoms with Crippen molar-refractivity contribution in [3.8, 4) is 11.8 Å². The summed E-state index contributed by atoms with van der Waals surface area (Å²) in [6, 6.07) is 3.16. The molecule has 6 heteroatoms. The fourth-order valence-electron chi connectivity index (χ4n) is 0.804. The van der Waals surface area contributed by atoms with Crippen LogP contribution in [0.1, 0.15) is 0 Å². The Hall–Kier alpha value is -1.94. The number of nitrogens with zero attached hydrogens (tertiary/aromatic N) is 4. The predicted molar refractivity (Wildman–Crippen MR) is 46.1 cm³/mol. The van der Waals surface area contributed by atoms with E-state index < -0.39 is 0 Å². The third-order valence-corrected chi connectivity index (χ3v) is 1.37. The first kappa shape index (κ1) is 9.15. The molecule has 0 aromatic carbocycles. The maximum atomic E-state index is 8.21. The van der Waals surface area contributed by atoms with Gasteiger partial charge in [0.25, 0.3) is 0 Å². The van der Waals surface area contributed by atoms with E-state index in [0.717, 1.165) is 0 Å². The van der Waals surface area contributed by atoms with E-state index in [4.69, 9.17) is 15.0 Å². The van der Waals surface area contributed by atoms with Crippen LogP contribution in [0.25, 0.3) is 10.4 Å². The molecule has 0 saturated heterocycles. The van der Waals surface area contributed by atoms with Crippen molar-refractivity contribution in [2.45, 2.75) is 0 Å². The number of aromatic nitrogens is 1. The van der Waals surface area contributed by atoms with Crippen molar-refractivity contribution in [1.29, 1.82) is 0 Å². The zero-order chi connectivity index (χ0) is 9.68. The van der Waals surface area contributed by atoms with Crippen LogP contribution < -0.4 is 9.47 Å². The molecule has 1 aromatic rings. The van der Waals surface area contributed by atoms with E-state index in [1.165, 1.54) is 14.2 Å². The second kappa shape index (κ2) is 4.18. The Labute approximate surface area is 74.7 Å². The summed E-state index contributed by atoms with van der Waals surface area (Å²) in [7, 11) is 2.94. The number of pyridine rings is 1. The maximum absolute atomic E-state index is 8.21. The lowest BCUT2D eigenvalue weighted by atomic mass is 10.4. The Balaban J connectivity index is 3.15. The van der Waals surface area contributed by atoms with Crippen molar-refractivity contribution in [3.05, 3.63) is 22.6 Å². The van der Waals surface area contributed by atoms with Gasteiger partial charge in [-0.05, 0) is 11.6 Å². The molecule has 68 valence electrons. The Kier molecular flexibility index (Phi) is 2.94. The van der Waals surface area contributed by atoms with E-state index in [0.29, 0.717) is 11.6 Å². The van der Waals surface area contributed by atoms with Crippen LogP contribution in [-0.2, 0) is 0 Å². The highest BCUT2D eigenvalue weighted by Crippen LogP contribution is 2.27. The molecule has 0 amide bonds. The average molecular weight is 180 g/mol. The lowest BCUT2D eigenvalue weighted by molar-refractivity contribution is 0.365. The summed E-state index contributed by atoms with van der Waals surface area (Å²) in [5.41, 5.74) is 8.55. The van der Waals surface area contributed by atoms with Crippen LogP contribution in [0.15, 0.2) is 17.2 Å². The molecule has 0 atom stereocenters. The molecule has 6 nitrogen and oxygen atoms in total. The van der Waals surface area contributed by atoms with E-state index in [1.54, 1.807) is 12.1 Å². The largest absolute Gasteiger partial charge is 0.481 e. The van der Waals surface area contributed by atoms with Crippen LogP contribution >= 0.6 is 0 Å². The van der Waals surface area contributed by atoms with E-state index in [9.17, 15) is 0 Å². The minimum Gasteiger partial charge on any atom is -0.481 e. The number of azide groups is 1. The fraction of sp³-hybridized carbons (Fsp3) is 0.286. The number of methoxy groups -OCH3 is 2. The lowest BCUT2D eigenvalue weighted by Crippen LogP contribution is -1.91. The van der Waals surface area contributed by atoms with Gasteiger partial charge < -0.3 is 9.47 Å². The van der Waals surface area contributed by atoms with E-state index >= 15 is 0 Å². The fourth-order valence-corrected chi connectivity index (χ4v) is 0.804. The monoisotopic (exact) mass is 180 g/mol. The summed E-state index contributed by atoms with van der Waals surface area (Å²) in [5.74, 6) is 0.658. The van der Waals surface area contributed by atoms with Crippen molar-refractivity contribution >= 4 is 5.69 Å². The predicted octanol–water partition coefficient (Wildman–Crippen LogP) is 2.04. The molecule has 0 fully saturated rings. The Morgan fingerprint density at radius 1 is 1.38 bits per heavy atom. The standard InChI is InChI=1S/C7H8N4O2/c1-12-6-4-3-5(10-11-8)7(9-6)13-2/h3-4H,1-2H3. The van der Waals surface area contributed by atoms with Crippen LogP contribution in [0, 0.1) is 0 Å². The molecular formula is C7H8N4O2. The van der Waals surface area contributed by atoms with Gasteiger partial charge in [0.1, 0.15) is 0 Å². The molecule has 0 aliphatic rings. The summed E-state index contributed by atoms with van der Waals surface area (Å²) in [6.45, 7) is 0. The quantitative estimate of drug-likeness (QED) is 0.405. The molecule has 0 aliphatic heterocycles. The number of hydrogen-bond acceptors (Lipinski definition) is 4. The minimum atomic E-state index is 0.247. The molecule has 0 unspecified atom stereocenters. The number of rotatable bonds is 3. The van der Waals surface area contributed by atoms with Gasteiger partial charge >= 0.3 is 0 Å². The third-order valence-electron chi connectivity index (χ3n) is 1.37. The molecule has 1 rings (SSSR count). The molecule has 0 aliphatic carbocycles. The molecule has 13 heavy (non-hydrogen) atoms. The van der Waals surface area contributed by atoms with Gasteiger partial charge in [-0.3, -0.25) is 0 Å². The van der Waals surface area contributed by atoms with Gasteiger partial charge in [-0.25, -0.2) is 0 Å². The topological polar surface area (TPSA) is 80.1 Å². The molecule has 0 spiro atoms. The van der Waals surface area contributed by atoms with Crippen molar-refractivity contribution in [1.82, 2.24) is 4.98 Å². The molecule has 0 radical (unpaired) electrons. The zero-order valence-corrected chi connectivity index (χ0v) is 7.26. The van der Waals surface area contributed by atoms with Gasteiger partial charge in [-0.2, -0.15) is 4.98 Å².